The predicted molar refractivity (Wildman–Crippen MR) is 266 cm³/mol. The summed E-state index contributed by atoms with van der Waals surface area (Å²) < 4.78 is 4.76. The van der Waals surface area contributed by atoms with Crippen LogP contribution in [0.3, 0.4) is 0 Å². The van der Waals surface area contributed by atoms with Crippen molar-refractivity contribution in [3.05, 3.63) is 249 Å². The van der Waals surface area contributed by atoms with E-state index in [2.05, 4.69) is 263 Å². The molecule has 12 rings (SSSR count). The molecule has 4 nitrogen and oxygen atoms in total. The maximum absolute atomic E-state index is 5.37. The van der Waals surface area contributed by atoms with Gasteiger partial charge in [-0.05, 0) is 87.6 Å². The first-order chi connectivity index (χ1) is 31.7. The second kappa shape index (κ2) is 15.7. The number of fused-ring (bicyclic) bond motifs is 6. The van der Waals surface area contributed by atoms with Crippen LogP contribution in [0, 0.1) is 0 Å². The normalized spacial score (nSPS) is 11.4. The van der Waals surface area contributed by atoms with Gasteiger partial charge in [-0.2, -0.15) is 4.57 Å². The minimum atomic E-state index is 0.903. The third kappa shape index (κ3) is 6.57. The molecule has 0 aliphatic heterocycles. The van der Waals surface area contributed by atoms with E-state index >= 15 is 0 Å². The fourth-order valence-electron chi connectivity index (χ4n) is 9.37. The van der Waals surface area contributed by atoms with Gasteiger partial charge < -0.3 is 9.47 Å². The summed E-state index contributed by atoms with van der Waals surface area (Å²) in [5, 5.41) is 4.89. The lowest BCUT2D eigenvalue weighted by Crippen LogP contribution is -2.32. The molecule has 0 atom stereocenters. The molecule has 4 heteroatoms. The van der Waals surface area contributed by atoms with E-state index in [0.717, 1.165) is 67.3 Å². The van der Waals surface area contributed by atoms with Crippen LogP contribution in [0.4, 0.5) is 17.1 Å². The Morgan fingerprint density at radius 3 is 1.72 bits per heavy atom. The van der Waals surface area contributed by atoms with Gasteiger partial charge in [-0.3, -0.25) is 0 Å². The van der Waals surface area contributed by atoms with Gasteiger partial charge in [-0.25, -0.2) is 4.98 Å². The van der Waals surface area contributed by atoms with Gasteiger partial charge in [-0.15, -0.1) is 0 Å². The third-order valence-corrected chi connectivity index (χ3v) is 12.4. The molecule has 64 heavy (non-hydrogen) atoms. The number of rotatable bonds is 8. The lowest BCUT2D eigenvalue weighted by atomic mass is 10.0. The average molecular weight is 818 g/mol. The number of aromatic nitrogens is 3. The molecular formula is C60H41N4+. The maximum atomic E-state index is 5.37. The van der Waals surface area contributed by atoms with Crippen molar-refractivity contribution in [2.24, 2.45) is 0 Å². The van der Waals surface area contributed by atoms with Crippen LogP contribution in [0.2, 0.25) is 0 Å². The van der Waals surface area contributed by atoms with Crippen LogP contribution in [-0.4, -0.2) is 9.55 Å². The minimum Gasteiger partial charge on any atom is -0.310 e. The standard InChI is InChI=1S/C60H41N4/c1-5-16-42(17-6-1)44-28-30-46(31-29-44)56-41-62(50-26-15-21-47(38-50)43-18-7-2-8-19-43)59-40-52(34-36-55(59)61-56)64-57-37-32-45-20-13-14-27-53(45)60(57)54-35-33-51(39-58(54)64)63(48-22-9-3-10-23-48)49-24-11-4-12-25-49/h1-41H/q+1. The summed E-state index contributed by atoms with van der Waals surface area (Å²) in [5.74, 6) is 0. The van der Waals surface area contributed by atoms with Crippen LogP contribution in [0.15, 0.2) is 249 Å². The molecule has 2 heterocycles. The fraction of sp³-hybridized carbons (Fsp3) is 0. The van der Waals surface area contributed by atoms with Crippen LogP contribution in [-0.2, 0) is 0 Å². The molecule has 0 fully saturated rings. The number of nitrogens with zero attached hydrogens (tertiary/aromatic N) is 4. The molecule has 0 aliphatic rings. The number of para-hydroxylation sites is 2. The largest absolute Gasteiger partial charge is 0.310 e. The molecule has 12 aromatic rings. The van der Waals surface area contributed by atoms with E-state index in [4.69, 9.17) is 4.98 Å². The van der Waals surface area contributed by atoms with Gasteiger partial charge in [0, 0.05) is 51.6 Å². The van der Waals surface area contributed by atoms with Gasteiger partial charge in [0.2, 0.25) is 17.4 Å². The van der Waals surface area contributed by atoms with Crippen molar-refractivity contribution in [3.63, 3.8) is 0 Å². The second-order valence-corrected chi connectivity index (χ2v) is 16.3. The topological polar surface area (TPSA) is 24.9 Å². The van der Waals surface area contributed by atoms with Crippen LogP contribution in [0.1, 0.15) is 0 Å². The van der Waals surface area contributed by atoms with Gasteiger partial charge in [-0.1, -0.05) is 170 Å². The third-order valence-electron chi connectivity index (χ3n) is 12.4. The Morgan fingerprint density at radius 2 is 1.00 bits per heavy atom. The molecule has 0 unspecified atom stereocenters. The molecule has 2 aromatic heterocycles. The van der Waals surface area contributed by atoms with Crippen molar-refractivity contribution in [1.82, 2.24) is 9.55 Å². The van der Waals surface area contributed by atoms with E-state index < -0.39 is 0 Å². The van der Waals surface area contributed by atoms with Gasteiger partial charge >= 0.3 is 0 Å². The maximum Gasteiger partial charge on any atom is 0.239 e. The van der Waals surface area contributed by atoms with Crippen LogP contribution in [0.5, 0.6) is 0 Å². The van der Waals surface area contributed by atoms with Crippen molar-refractivity contribution < 1.29 is 4.57 Å². The van der Waals surface area contributed by atoms with E-state index in [1.54, 1.807) is 0 Å². The summed E-state index contributed by atoms with van der Waals surface area (Å²) in [6, 6.07) is 86.9. The summed E-state index contributed by atoms with van der Waals surface area (Å²) in [7, 11) is 0. The Hall–Kier alpha value is -8.60. The highest BCUT2D eigenvalue weighted by Crippen LogP contribution is 2.42. The first-order valence-corrected chi connectivity index (χ1v) is 21.8. The Bertz CT molecular complexity index is 3600. The summed E-state index contributed by atoms with van der Waals surface area (Å²) in [4.78, 5) is 7.71. The lowest BCUT2D eigenvalue weighted by Gasteiger charge is -2.25. The van der Waals surface area contributed by atoms with Crippen molar-refractivity contribution in [1.29, 1.82) is 0 Å². The monoisotopic (exact) mass is 817 g/mol. The Morgan fingerprint density at radius 1 is 0.391 bits per heavy atom. The molecule has 0 bridgehead atoms. The average Bonchev–Trinajstić information content (AvgIpc) is 3.71. The SMILES string of the molecule is c1ccc(-c2ccc(-c3c[n+](-c4cccc(-c5ccccc5)c4)c4cc(-n5c6cc(N(c7ccccc7)c7ccccc7)ccc6c6c7ccccc7ccc65)ccc4n3)cc2)cc1. The van der Waals surface area contributed by atoms with Crippen molar-refractivity contribution in [3.8, 4) is 44.9 Å². The molecule has 0 amide bonds. The summed E-state index contributed by atoms with van der Waals surface area (Å²) >= 11 is 0. The smallest absolute Gasteiger partial charge is 0.239 e. The highest BCUT2D eigenvalue weighted by atomic mass is 15.1. The minimum absolute atomic E-state index is 0.903. The molecule has 10 aromatic carbocycles. The fourth-order valence-corrected chi connectivity index (χ4v) is 9.37. The highest BCUT2D eigenvalue weighted by Gasteiger charge is 2.23. The molecule has 0 spiro atoms. The highest BCUT2D eigenvalue weighted by molar-refractivity contribution is 6.21. The molecule has 300 valence electrons. The zero-order chi connectivity index (χ0) is 42.4. The van der Waals surface area contributed by atoms with Crippen molar-refractivity contribution in [2.75, 3.05) is 4.90 Å². The predicted octanol–water partition coefficient (Wildman–Crippen LogP) is 15.2. The zero-order valence-corrected chi connectivity index (χ0v) is 35.0. The van der Waals surface area contributed by atoms with Crippen LogP contribution < -0.4 is 9.47 Å². The first kappa shape index (κ1) is 37.2. The number of benzene rings is 10. The lowest BCUT2D eigenvalue weighted by molar-refractivity contribution is -0.567. The molecule has 0 N–H and O–H groups in total. The van der Waals surface area contributed by atoms with Crippen molar-refractivity contribution >= 4 is 60.7 Å². The van der Waals surface area contributed by atoms with E-state index in [1.165, 1.54) is 38.2 Å². The summed E-state index contributed by atoms with van der Waals surface area (Å²) in [5.41, 5.74) is 16.2. The first-order valence-electron chi connectivity index (χ1n) is 21.8. The zero-order valence-electron chi connectivity index (χ0n) is 35.0. The quantitative estimate of drug-likeness (QED) is 0.143. The van der Waals surface area contributed by atoms with Crippen molar-refractivity contribution in [2.45, 2.75) is 0 Å². The molecule has 0 saturated heterocycles. The van der Waals surface area contributed by atoms with Gasteiger partial charge in [0.15, 0.2) is 0 Å². The number of anilines is 3. The van der Waals surface area contributed by atoms with Gasteiger partial charge in [0.25, 0.3) is 0 Å². The van der Waals surface area contributed by atoms with E-state index in [1.807, 2.05) is 0 Å². The van der Waals surface area contributed by atoms with Gasteiger partial charge in [0.05, 0.1) is 16.7 Å². The number of hydrogen-bond acceptors (Lipinski definition) is 2. The van der Waals surface area contributed by atoms with E-state index in [9.17, 15) is 0 Å². The van der Waals surface area contributed by atoms with Crippen LogP contribution in [0.25, 0.3) is 88.5 Å². The summed E-state index contributed by atoms with van der Waals surface area (Å²) in [6.07, 6.45) is 2.20. The van der Waals surface area contributed by atoms with Gasteiger partial charge in [0.1, 0.15) is 11.2 Å². The Kier molecular flexibility index (Phi) is 9.12. The summed E-state index contributed by atoms with van der Waals surface area (Å²) in [6.45, 7) is 0. The number of hydrogen-bond donors (Lipinski definition) is 0. The second-order valence-electron chi connectivity index (χ2n) is 16.3. The molecule has 0 aliphatic carbocycles. The Balaban J connectivity index is 1.09. The molecular weight excluding hydrogens is 777 g/mol. The Labute approximate surface area is 371 Å². The van der Waals surface area contributed by atoms with E-state index in [0.29, 0.717) is 0 Å². The van der Waals surface area contributed by atoms with Crippen LogP contribution >= 0.6 is 0 Å². The molecule has 0 saturated carbocycles. The molecule has 0 radical (unpaired) electrons. The van der Waals surface area contributed by atoms with E-state index in [-0.39, 0.29) is 0 Å².